The monoisotopic (exact) mass is 439 g/mol. The van der Waals surface area contributed by atoms with Crippen LogP contribution in [-0.2, 0) is 17.5 Å². The fourth-order valence-corrected chi connectivity index (χ4v) is 3.80. The number of nitrogens with one attached hydrogen (secondary N) is 2. The average Bonchev–Trinajstić information content (AvgIpc) is 2.71. The Morgan fingerprint density at radius 2 is 1.90 bits per heavy atom. The normalized spacial score (nSPS) is 18.6. The van der Waals surface area contributed by atoms with E-state index < -0.39 is 11.7 Å². The molecule has 0 unspecified atom stereocenters. The zero-order chi connectivity index (χ0) is 22.3. The number of rotatable bonds is 7. The van der Waals surface area contributed by atoms with Gasteiger partial charge in [0.25, 0.3) is 0 Å². The Morgan fingerprint density at radius 1 is 1.16 bits per heavy atom. The zero-order valence-electron chi connectivity index (χ0n) is 18.0. The first-order valence-electron chi connectivity index (χ1n) is 11.1. The first-order chi connectivity index (χ1) is 14.9. The molecule has 1 saturated heterocycles. The number of amides is 1. The molecule has 0 atom stereocenters. The van der Waals surface area contributed by atoms with Crippen LogP contribution in [0.1, 0.15) is 37.3 Å². The van der Waals surface area contributed by atoms with Crippen LogP contribution in [0, 0.1) is 5.92 Å². The van der Waals surface area contributed by atoms with Crippen molar-refractivity contribution in [3.05, 3.63) is 35.4 Å². The van der Waals surface area contributed by atoms with Gasteiger partial charge in [0.15, 0.2) is 5.96 Å². The summed E-state index contributed by atoms with van der Waals surface area (Å²) in [5.41, 5.74) is -0.146. The van der Waals surface area contributed by atoms with Crippen molar-refractivity contribution in [2.24, 2.45) is 10.9 Å². The van der Waals surface area contributed by atoms with Gasteiger partial charge in [-0.1, -0.05) is 18.6 Å². The van der Waals surface area contributed by atoms with Crippen LogP contribution in [0.5, 0.6) is 0 Å². The minimum atomic E-state index is -4.35. The summed E-state index contributed by atoms with van der Waals surface area (Å²) < 4.78 is 38.6. The quantitative estimate of drug-likeness (QED) is 0.507. The van der Waals surface area contributed by atoms with Gasteiger partial charge in [-0.05, 0) is 37.5 Å². The molecule has 31 heavy (non-hydrogen) atoms. The van der Waals surface area contributed by atoms with Crippen LogP contribution in [0.3, 0.4) is 0 Å². The van der Waals surface area contributed by atoms with E-state index in [4.69, 9.17) is 0 Å². The van der Waals surface area contributed by atoms with Crippen molar-refractivity contribution >= 4 is 11.9 Å². The highest BCUT2D eigenvalue weighted by Gasteiger charge is 2.31. The highest BCUT2D eigenvalue weighted by molar-refractivity contribution is 5.80. The summed E-state index contributed by atoms with van der Waals surface area (Å²) >= 11 is 0. The van der Waals surface area contributed by atoms with Gasteiger partial charge in [-0.3, -0.25) is 9.69 Å². The van der Waals surface area contributed by atoms with Gasteiger partial charge in [-0.15, -0.1) is 0 Å². The van der Waals surface area contributed by atoms with E-state index in [1.54, 1.807) is 6.07 Å². The molecule has 1 aliphatic heterocycles. The third-order valence-corrected chi connectivity index (χ3v) is 5.88. The van der Waals surface area contributed by atoms with E-state index in [1.807, 2.05) is 11.8 Å². The lowest BCUT2D eigenvalue weighted by Crippen LogP contribution is -2.52. The Hall–Kier alpha value is -2.29. The van der Waals surface area contributed by atoms with E-state index in [0.717, 1.165) is 57.7 Å². The van der Waals surface area contributed by atoms with Crippen molar-refractivity contribution in [1.29, 1.82) is 0 Å². The second kappa shape index (κ2) is 10.8. The molecule has 1 saturated carbocycles. The van der Waals surface area contributed by atoms with Gasteiger partial charge in [0.1, 0.15) is 0 Å². The molecule has 0 radical (unpaired) electrons. The van der Waals surface area contributed by atoms with E-state index in [1.165, 1.54) is 12.5 Å². The van der Waals surface area contributed by atoms with E-state index in [0.29, 0.717) is 30.5 Å². The number of piperazine rings is 1. The van der Waals surface area contributed by atoms with Gasteiger partial charge in [0.2, 0.25) is 5.91 Å². The number of halogens is 3. The fraction of sp³-hybridized carbons (Fsp3) is 0.636. The largest absolute Gasteiger partial charge is 0.416 e. The molecule has 1 amide bonds. The highest BCUT2D eigenvalue weighted by atomic mass is 19.4. The first kappa shape index (κ1) is 23.4. The maximum Gasteiger partial charge on any atom is 0.416 e. The summed E-state index contributed by atoms with van der Waals surface area (Å²) in [6.45, 7) is 7.54. The molecule has 1 aliphatic carbocycles. The average molecular weight is 440 g/mol. The molecular weight excluding hydrogens is 407 g/mol. The second-order valence-electron chi connectivity index (χ2n) is 8.11. The lowest BCUT2D eigenvalue weighted by molar-refractivity contribution is -0.140. The van der Waals surface area contributed by atoms with Crippen molar-refractivity contribution in [2.75, 3.05) is 45.8 Å². The van der Waals surface area contributed by atoms with Crippen molar-refractivity contribution in [3.63, 3.8) is 0 Å². The van der Waals surface area contributed by atoms with Crippen LogP contribution in [0.2, 0.25) is 0 Å². The SMILES string of the molecule is CCNC(=NCc1cccc(C(F)(F)F)c1)NCCN1CCN(C(=O)C2CCC2)CC1. The van der Waals surface area contributed by atoms with Crippen LogP contribution in [0.15, 0.2) is 29.3 Å². The minimum absolute atomic E-state index is 0.168. The number of carbonyl (C=O) groups is 1. The molecule has 1 aromatic carbocycles. The van der Waals surface area contributed by atoms with Crippen LogP contribution in [0.25, 0.3) is 0 Å². The van der Waals surface area contributed by atoms with E-state index in [2.05, 4.69) is 20.5 Å². The number of nitrogens with zero attached hydrogens (tertiary/aromatic N) is 3. The molecule has 0 bridgehead atoms. The van der Waals surface area contributed by atoms with Crippen molar-refractivity contribution < 1.29 is 18.0 Å². The number of carbonyl (C=O) groups excluding carboxylic acids is 1. The van der Waals surface area contributed by atoms with Crippen LogP contribution >= 0.6 is 0 Å². The summed E-state index contributed by atoms with van der Waals surface area (Å²) in [7, 11) is 0. The van der Waals surface area contributed by atoms with E-state index in [9.17, 15) is 18.0 Å². The van der Waals surface area contributed by atoms with Gasteiger partial charge in [-0.2, -0.15) is 13.2 Å². The van der Waals surface area contributed by atoms with Crippen LogP contribution in [0.4, 0.5) is 13.2 Å². The van der Waals surface area contributed by atoms with Gasteiger partial charge in [0, 0.05) is 51.7 Å². The van der Waals surface area contributed by atoms with E-state index >= 15 is 0 Å². The third-order valence-electron chi connectivity index (χ3n) is 5.88. The molecule has 1 heterocycles. The summed E-state index contributed by atoms with van der Waals surface area (Å²) in [5.74, 6) is 1.16. The molecular formula is C22H32F3N5O. The summed E-state index contributed by atoms with van der Waals surface area (Å²) in [6.07, 6.45) is -1.10. The van der Waals surface area contributed by atoms with Crippen molar-refractivity contribution in [1.82, 2.24) is 20.4 Å². The number of guanidine groups is 1. The maximum absolute atomic E-state index is 12.9. The molecule has 172 valence electrons. The van der Waals surface area contributed by atoms with E-state index in [-0.39, 0.29) is 12.5 Å². The number of aliphatic imine (C=N–C) groups is 1. The Balaban J connectivity index is 1.43. The molecule has 6 nitrogen and oxygen atoms in total. The van der Waals surface area contributed by atoms with Crippen molar-refractivity contribution in [3.8, 4) is 0 Å². The summed E-state index contributed by atoms with van der Waals surface area (Å²) in [4.78, 5) is 21.1. The maximum atomic E-state index is 12.9. The molecule has 1 aromatic rings. The number of hydrogen-bond acceptors (Lipinski definition) is 3. The van der Waals surface area contributed by atoms with Crippen molar-refractivity contribution in [2.45, 2.75) is 38.9 Å². The Labute approximate surface area is 181 Å². The second-order valence-corrected chi connectivity index (χ2v) is 8.11. The topological polar surface area (TPSA) is 60.0 Å². The Kier molecular flexibility index (Phi) is 8.17. The van der Waals surface area contributed by atoms with Crippen LogP contribution in [-0.4, -0.2) is 67.5 Å². The lowest BCUT2D eigenvalue weighted by Gasteiger charge is -2.38. The summed E-state index contributed by atoms with van der Waals surface area (Å²) in [6, 6.07) is 5.25. The fourth-order valence-electron chi connectivity index (χ4n) is 3.80. The number of benzene rings is 1. The predicted molar refractivity (Wildman–Crippen MR) is 115 cm³/mol. The minimum Gasteiger partial charge on any atom is -0.357 e. The molecule has 3 rings (SSSR count). The van der Waals surface area contributed by atoms with Gasteiger partial charge < -0.3 is 15.5 Å². The smallest absolute Gasteiger partial charge is 0.357 e. The molecule has 2 N–H and O–H groups in total. The highest BCUT2D eigenvalue weighted by Crippen LogP contribution is 2.30. The molecule has 2 aliphatic rings. The first-order valence-corrected chi connectivity index (χ1v) is 11.1. The van der Waals surface area contributed by atoms with Crippen LogP contribution < -0.4 is 10.6 Å². The number of hydrogen-bond donors (Lipinski definition) is 2. The number of alkyl halides is 3. The van der Waals surface area contributed by atoms with Gasteiger partial charge in [0.05, 0.1) is 12.1 Å². The molecule has 2 fully saturated rings. The molecule has 0 spiro atoms. The standard InChI is InChI=1S/C22H32F3N5O/c1-2-26-21(28-16-17-5-3-8-19(15-17)22(23,24)25)27-9-10-29-11-13-30(14-12-29)20(31)18-6-4-7-18/h3,5,8,15,18H,2,4,6-7,9-14,16H2,1H3,(H2,26,27,28). The molecule has 0 aromatic heterocycles. The third kappa shape index (κ3) is 6.85. The molecule has 9 heteroatoms. The predicted octanol–water partition coefficient (Wildman–Crippen LogP) is 2.70. The Morgan fingerprint density at radius 3 is 2.52 bits per heavy atom. The van der Waals surface area contributed by atoms with Gasteiger partial charge >= 0.3 is 6.18 Å². The van der Waals surface area contributed by atoms with Gasteiger partial charge in [-0.25, -0.2) is 4.99 Å². The zero-order valence-corrected chi connectivity index (χ0v) is 18.0. The summed E-state index contributed by atoms with van der Waals surface area (Å²) in [5, 5.41) is 6.38. The lowest BCUT2D eigenvalue weighted by atomic mass is 9.84. The Bertz CT molecular complexity index is 756.